The third kappa shape index (κ3) is 23.5. The van der Waals surface area contributed by atoms with E-state index < -0.39 is 11.9 Å². The second-order valence-electron chi connectivity index (χ2n) is 6.76. The Morgan fingerprint density at radius 2 is 1.48 bits per heavy atom. The van der Waals surface area contributed by atoms with Crippen molar-refractivity contribution >= 4 is 33.1 Å². The molecule has 0 saturated carbocycles. The van der Waals surface area contributed by atoms with Crippen LogP contribution in [0, 0.1) is 5.92 Å². The van der Waals surface area contributed by atoms with E-state index in [0.717, 1.165) is 31.8 Å². The molecular formula is C20H38O4Sn. The Morgan fingerprint density at radius 1 is 0.920 bits per heavy atom. The van der Waals surface area contributed by atoms with Gasteiger partial charge in [-0.05, 0) is 18.8 Å². The van der Waals surface area contributed by atoms with Gasteiger partial charge >= 0.3 is 81.5 Å². The molecule has 0 atom stereocenters. The monoisotopic (exact) mass is 462 g/mol. The molecule has 4 nitrogen and oxygen atoms in total. The standard InChI is InChI=1S/C12H20O4.2C4H9.Sn/c1-9(2)6-4-3-5-7-10(12(15)16)8-11(13)14;2*1-3-4-2;/h8-9H,3-7H2,1-2H3,(H,13,14)(H,15,16);2*1,3-4H2,2H3;/b10-8-;;;. The zero-order valence-corrected chi connectivity index (χ0v) is 19.5. The van der Waals surface area contributed by atoms with Gasteiger partial charge in [0.1, 0.15) is 0 Å². The summed E-state index contributed by atoms with van der Waals surface area (Å²) in [6.45, 7) is 8.87. The van der Waals surface area contributed by atoms with Gasteiger partial charge < -0.3 is 10.2 Å². The molecule has 0 aliphatic rings. The molecule has 0 bridgehead atoms. The van der Waals surface area contributed by atoms with Crippen molar-refractivity contribution in [2.24, 2.45) is 5.92 Å². The fourth-order valence-electron chi connectivity index (χ4n) is 2.16. The molecular weight excluding hydrogens is 423 g/mol. The van der Waals surface area contributed by atoms with E-state index in [9.17, 15) is 9.59 Å². The van der Waals surface area contributed by atoms with E-state index in [0.29, 0.717) is 12.3 Å². The van der Waals surface area contributed by atoms with E-state index in [4.69, 9.17) is 10.2 Å². The van der Waals surface area contributed by atoms with Gasteiger partial charge in [0.15, 0.2) is 0 Å². The number of carbonyl (C=O) groups is 2. The Balaban J connectivity index is 0. The molecule has 0 unspecified atom stereocenters. The van der Waals surface area contributed by atoms with Gasteiger partial charge in [-0.15, -0.1) is 0 Å². The molecule has 0 aromatic carbocycles. The Hall–Kier alpha value is -0.521. The van der Waals surface area contributed by atoms with Crippen LogP contribution in [0.4, 0.5) is 0 Å². The number of unbranched alkanes of at least 4 members (excludes halogenated alkanes) is 4. The van der Waals surface area contributed by atoms with Gasteiger partial charge in [-0.25, -0.2) is 9.59 Å². The van der Waals surface area contributed by atoms with Gasteiger partial charge in [-0.1, -0.05) is 33.1 Å². The SMILES string of the molecule is CC(C)CCCCC/C(=C/C(=O)O)C(=O)O.CCC[CH2][Sn][CH2]CCC. The molecule has 0 amide bonds. The van der Waals surface area contributed by atoms with Gasteiger partial charge in [-0.2, -0.15) is 0 Å². The number of carboxylic acids is 2. The molecule has 0 saturated heterocycles. The first-order valence-corrected chi connectivity index (χ1v) is 13.8. The van der Waals surface area contributed by atoms with Crippen LogP contribution >= 0.6 is 0 Å². The summed E-state index contributed by atoms with van der Waals surface area (Å²) in [6, 6.07) is 0. The Kier molecular flexibility index (Phi) is 21.1. The average Bonchev–Trinajstić information content (AvgIpc) is 2.53. The van der Waals surface area contributed by atoms with E-state index in [2.05, 4.69) is 27.7 Å². The first-order valence-electron chi connectivity index (χ1n) is 9.72. The summed E-state index contributed by atoms with van der Waals surface area (Å²) in [5.74, 6) is -1.67. The fourth-order valence-corrected chi connectivity index (χ4v) is 6.32. The second-order valence-corrected chi connectivity index (χ2v) is 11.0. The predicted molar refractivity (Wildman–Crippen MR) is 106 cm³/mol. The third-order valence-electron chi connectivity index (χ3n) is 3.71. The van der Waals surface area contributed by atoms with Crippen molar-refractivity contribution in [2.75, 3.05) is 0 Å². The van der Waals surface area contributed by atoms with E-state index in [1.54, 1.807) is 8.87 Å². The molecule has 0 aliphatic carbocycles. The Bertz CT molecular complexity index is 359. The molecule has 0 aromatic heterocycles. The van der Waals surface area contributed by atoms with Crippen LogP contribution < -0.4 is 0 Å². The van der Waals surface area contributed by atoms with Crippen molar-refractivity contribution in [1.29, 1.82) is 0 Å². The topological polar surface area (TPSA) is 74.6 Å². The van der Waals surface area contributed by atoms with E-state index in [1.165, 1.54) is 25.7 Å². The van der Waals surface area contributed by atoms with Crippen LogP contribution in [0.3, 0.4) is 0 Å². The molecule has 5 heteroatoms. The summed E-state index contributed by atoms with van der Waals surface area (Å²) >= 11 is 0.149. The normalized spacial score (nSPS) is 11.2. The summed E-state index contributed by atoms with van der Waals surface area (Å²) in [5, 5.41) is 17.2. The maximum atomic E-state index is 10.7. The molecule has 0 aromatic rings. The van der Waals surface area contributed by atoms with Crippen LogP contribution in [0.5, 0.6) is 0 Å². The van der Waals surface area contributed by atoms with Crippen molar-refractivity contribution < 1.29 is 19.8 Å². The summed E-state index contributed by atoms with van der Waals surface area (Å²) in [7, 11) is 0. The molecule has 25 heavy (non-hydrogen) atoms. The van der Waals surface area contributed by atoms with Crippen molar-refractivity contribution in [2.45, 2.75) is 94.4 Å². The Labute approximate surface area is 164 Å². The van der Waals surface area contributed by atoms with E-state index in [1.807, 2.05) is 0 Å². The predicted octanol–water partition coefficient (Wildman–Crippen LogP) is 5.82. The van der Waals surface area contributed by atoms with Gasteiger partial charge in [0.05, 0.1) is 0 Å². The van der Waals surface area contributed by atoms with Crippen LogP contribution in [-0.2, 0) is 9.59 Å². The molecule has 0 spiro atoms. The maximum absolute atomic E-state index is 10.7. The quantitative estimate of drug-likeness (QED) is 0.194. The zero-order valence-electron chi connectivity index (χ0n) is 16.6. The zero-order chi connectivity index (χ0) is 19.5. The summed E-state index contributed by atoms with van der Waals surface area (Å²) in [4.78, 5) is 21.0. The number of rotatable bonds is 14. The summed E-state index contributed by atoms with van der Waals surface area (Å²) in [5.41, 5.74) is -0.0166. The minimum atomic E-state index is -1.19. The summed E-state index contributed by atoms with van der Waals surface area (Å²) in [6.07, 6.45) is 10.8. The van der Waals surface area contributed by atoms with E-state index in [-0.39, 0.29) is 26.7 Å². The van der Waals surface area contributed by atoms with Gasteiger partial charge in [0, 0.05) is 11.6 Å². The number of carboxylic acid groups (broad SMARTS) is 2. The molecule has 0 aliphatic heterocycles. The van der Waals surface area contributed by atoms with Crippen LogP contribution in [0.1, 0.15) is 85.5 Å². The van der Waals surface area contributed by atoms with Crippen LogP contribution in [-0.4, -0.2) is 43.3 Å². The van der Waals surface area contributed by atoms with Crippen molar-refractivity contribution in [1.82, 2.24) is 0 Å². The second kappa shape index (κ2) is 19.8. The van der Waals surface area contributed by atoms with Crippen molar-refractivity contribution in [3.63, 3.8) is 0 Å². The molecule has 0 rings (SSSR count). The molecule has 146 valence electrons. The van der Waals surface area contributed by atoms with Gasteiger partial charge in [-0.3, -0.25) is 0 Å². The fraction of sp³-hybridized carbons (Fsp3) is 0.800. The van der Waals surface area contributed by atoms with Crippen molar-refractivity contribution in [3.05, 3.63) is 11.6 Å². The van der Waals surface area contributed by atoms with Crippen LogP contribution in [0.2, 0.25) is 8.87 Å². The van der Waals surface area contributed by atoms with Gasteiger partial charge in [0.2, 0.25) is 0 Å². The third-order valence-corrected chi connectivity index (χ3v) is 7.75. The molecule has 2 radical (unpaired) electrons. The Morgan fingerprint density at radius 3 is 1.88 bits per heavy atom. The van der Waals surface area contributed by atoms with Crippen LogP contribution in [0.25, 0.3) is 0 Å². The molecule has 0 fully saturated rings. The van der Waals surface area contributed by atoms with E-state index >= 15 is 0 Å². The van der Waals surface area contributed by atoms with Crippen LogP contribution in [0.15, 0.2) is 11.6 Å². The molecule has 2 N–H and O–H groups in total. The number of aliphatic carboxylic acids is 2. The minimum absolute atomic E-state index is 0.0166. The molecule has 0 heterocycles. The number of hydrogen-bond acceptors (Lipinski definition) is 2. The van der Waals surface area contributed by atoms with Crippen molar-refractivity contribution in [3.8, 4) is 0 Å². The number of hydrogen-bond donors (Lipinski definition) is 2. The van der Waals surface area contributed by atoms with Gasteiger partial charge in [0.25, 0.3) is 0 Å². The first-order chi connectivity index (χ1) is 11.8. The summed E-state index contributed by atoms with van der Waals surface area (Å²) < 4.78 is 3.25. The average molecular weight is 461 g/mol. The first kappa shape index (κ1) is 26.7.